The fraction of sp³-hybridized carbons (Fsp3) is 0.125. The van der Waals surface area contributed by atoms with Gasteiger partial charge in [-0.05, 0) is 12.1 Å². The zero-order valence-corrected chi connectivity index (χ0v) is 8.23. The van der Waals surface area contributed by atoms with E-state index in [4.69, 9.17) is 11.6 Å². The van der Waals surface area contributed by atoms with Crippen molar-refractivity contribution in [2.45, 2.75) is 6.00 Å². The molecule has 5 heteroatoms. The molecule has 0 saturated heterocycles. The molecule has 0 saturated carbocycles. The van der Waals surface area contributed by atoms with Gasteiger partial charge in [0.25, 0.3) is 0 Å². The van der Waals surface area contributed by atoms with Gasteiger partial charge in [0.2, 0.25) is 0 Å². The second kappa shape index (κ2) is 3.91. The van der Waals surface area contributed by atoms with Crippen molar-refractivity contribution in [3.8, 4) is 0 Å². The molecule has 0 radical (unpaired) electrons. The highest BCUT2D eigenvalue weighted by Gasteiger charge is 2.03. The molecule has 0 aliphatic heterocycles. The maximum Gasteiger partial charge on any atom is 0.309 e. The molecule has 2 N–H and O–H groups in total. The summed E-state index contributed by atoms with van der Waals surface area (Å²) in [4.78, 5) is 11.3. The van der Waals surface area contributed by atoms with E-state index in [9.17, 15) is 4.79 Å². The highest BCUT2D eigenvalue weighted by atomic mass is 35.5. The lowest BCUT2D eigenvalue weighted by Crippen LogP contribution is -2.09. The van der Waals surface area contributed by atoms with Crippen LogP contribution in [0.1, 0.15) is 0 Å². The van der Waals surface area contributed by atoms with Crippen molar-refractivity contribution in [2.75, 3.05) is 0 Å². The van der Waals surface area contributed by atoms with Crippen molar-refractivity contribution in [2.24, 2.45) is 0 Å². The first-order valence-electron chi connectivity index (χ1n) is 3.47. The topological polar surface area (TPSA) is 53.5 Å². The van der Waals surface area contributed by atoms with Crippen molar-refractivity contribution >= 4 is 33.2 Å². The van der Waals surface area contributed by atoms with Gasteiger partial charge in [-0.25, -0.2) is 0 Å². The van der Waals surface area contributed by atoms with Crippen LogP contribution in [-0.4, -0.2) is 10.0 Å². The number of aromatic nitrogens is 1. The molecule has 0 bridgehead atoms. The monoisotopic (exact) mass is 217 g/mol. The zero-order chi connectivity index (χ0) is 8.55. The summed E-state index contributed by atoms with van der Waals surface area (Å²) in [5, 5.41) is 0. The van der Waals surface area contributed by atoms with E-state index in [1.807, 2.05) is 24.3 Å². The van der Waals surface area contributed by atoms with Crippen molar-refractivity contribution in [1.29, 1.82) is 0 Å². The Morgan fingerprint density at radius 3 is 2.77 bits per heavy atom. The van der Waals surface area contributed by atoms with Gasteiger partial charge in [0.15, 0.2) is 0 Å². The van der Waals surface area contributed by atoms with Crippen molar-refractivity contribution in [1.82, 2.24) is 4.57 Å². The minimum Gasteiger partial charge on any atom is -0.412 e. The Morgan fingerprint density at radius 2 is 2.08 bits per heavy atom. The van der Waals surface area contributed by atoms with E-state index in [2.05, 4.69) is 0 Å². The summed E-state index contributed by atoms with van der Waals surface area (Å²) in [6, 6.07) is 7.86. The van der Waals surface area contributed by atoms with Crippen molar-refractivity contribution in [3.63, 3.8) is 0 Å². The van der Waals surface area contributed by atoms with Gasteiger partial charge in [-0.2, -0.15) is 0 Å². The molecule has 0 aliphatic carbocycles. The molecule has 0 fully saturated rings. The highest BCUT2D eigenvalue weighted by molar-refractivity contribution is 7.16. The number of alkyl halides is 1. The molecule has 0 amide bonds. The summed E-state index contributed by atoms with van der Waals surface area (Å²) in [5.74, 6) is 0. The van der Waals surface area contributed by atoms with Crippen LogP contribution in [0.5, 0.6) is 0 Å². The number of hydrogen-bond acceptors (Lipinski definition) is 2. The van der Waals surface area contributed by atoms with Crippen molar-refractivity contribution in [3.05, 3.63) is 33.9 Å². The molecule has 0 aliphatic rings. The first-order valence-corrected chi connectivity index (χ1v) is 4.82. The Kier molecular flexibility index (Phi) is 3.08. The van der Waals surface area contributed by atoms with Gasteiger partial charge in [-0.15, -0.1) is 11.6 Å². The number of para-hydroxylation sites is 1. The third kappa shape index (κ3) is 1.60. The van der Waals surface area contributed by atoms with E-state index in [-0.39, 0.29) is 16.4 Å². The molecule has 2 rings (SSSR count). The number of thiazole rings is 1. The molecule has 3 nitrogen and oxygen atoms in total. The molecule has 1 heterocycles. The third-order valence-electron chi connectivity index (χ3n) is 1.69. The standard InChI is InChI=1S/C8H6ClNOS.H2O/c9-5-10-6-3-1-2-4-7(6)12-8(10)11;/h1-4H,5H2;1H2. The van der Waals surface area contributed by atoms with Gasteiger partial charge in [-0.1, -0.05) is 23.5 Å². The second-order valence-corrected chi connectivity index (χ2v) is 3.62. The predicted octanol–water partition coefficient (Wildman–Crippen LogP) is 1.43. The fourth-order valence-corrected chi connectivity index (χ4v) is 2.33. The average Bonchev–Trinajstić information content (AvgIpc) is 2.40. The minimum atomic E-state index is 0. The van der Waals surface area contributed by atoms with Crippen LogP contribution in [0.15, 0.2) is 29.1 Å². The van der Waals surface area contributed by atoms with Gasteiger partial charge >= 0.3 is 4.87 Å². The molecule has 0 spiro atoms. The van der Waals surface area contributed by atoms with Gasteiger partial charge < -0.3 is 5.48 Å². The van der Waals surface area contributed by atoms with Gasteiger partial charge in [0.1, 0.15) is 6.00 Å². The Morgan fingerprint density at radius 1 is 1.38 bits per heavy atom. The van der Waals surface area contributed by atoms with Crippen LogP contribution in [-0.2, 0) is 6.00 Å². The van der Waals surface area contributed by atoms with Crippen LogP contribution in [0, 0.1) is 0 Å². The van der Waals surface area contributed by atoms with Gasteiger partial charge in [-0.3, -0.25) is 9.36 Å². The minimum absolute atomic E-state index is 0. The molecule has 0 unspecified atom stereocenters. The number of hydrogen-bond donors (Lipinski definition) is 0. The second-order valence-electron chi connectivity index (χ2n) is 2.38. The summed E-state index contributed by atoms with van der Waals surface area (Å²) in [6.07, 6.45) is 0. The van der Waals surface area contributed by atoms with Crippen LogP contribution in [0.3, 0.4) is 0 Å². The third-order valence-corrected chi connectivity index (χ3v) is 2.89. The van der Waals surface area contributed by atoms with E-state index in [0.717, 1.165) is 10.2 Å². The quantitative estimate of drug-likeness (QED) is 0.667. The number of halogens is 1. The lowest BCUT2D eigenvalue weighted by molar-refractivity contribution is 0.824. The summed E-state index contributed by atoms with van der Waals surface area (Å²) in [5.41, 5.74) is 0.919. The number of benzene rings is 1. The molecule has 0 atom stereocenters. The Labute approximate surface area is 83.5 Å². The maximum absolute atomic E-state index is 11.3. The molecule has 70 valence electrons. The summed E-state index contributed by atoms with van der Waals surface area (Å²) in [6.45, 7) is 0. The zero-order valence-electron chi connectivity index (χ0n) is 6.66. The van der Waals surface area contributed by atoms with E-state index in [1.165, 1.54) is 11.3 Å². The SMILES string of the molecule is O.O=c1sc2ccccc2n1CCl. The average molecular weight is 218 g/mol. The molecule has 13 heavy (non-hydrogen) atoms. The first kappa shape index (κ1) is 10.2. The Balaban J connectivity index is 0.000000845. The predicted molar refractivity (Wildman–Crippen MR) is 55.6 cm³/mol. The number of rotatable bonds is 1. The van der Waals surface area contributed by atoms with Crippen LogP contribution in [0.2, 0.25) is 0 Å². The van der Waals surface area contributed by atoms with Crippen LogP contribution < -0.4 is 4.87 Å². The van der Waals surface area contributed by atoms with Crippen molar-refractivity contribution < 1.29 is 5.48 Å². The molecule has 2 aromatic rings. The van der Waals surface area contributed by atoms with Gasteiger partial charge in [0.05, 0.1) is 10.2 Å². The summed E-state index contributed by atoms with van der Waals surface area (Å²) >= 11 is 6.85. The molecule has 1 aromatic carbocycles. The van der Waals surface area contributed by atoms with E-state index in [1.54, 1.807) is 4.57 Å². The highest BCUT2D eigenvalue weighted by Crippen LogP contribution is 2.16. The summed E-state index contributed by atoms with van der Waals surface area (Å²) in [7, 11) is 0. The molecule has 1 aromatic heterocycles. The Hall–Kier alpha value is -0.840. The van der Waals surface area contributed by atoms with Crippen LogP contribution in [0.4, 0.5) is 0 Å². The van der Waals surface area contributed by atoms with Crippen LogP contribution >= 0.6 is 22.9 Å². The number of fused-ring (bicyclic) bond motifs is 1. The number of nitrogens with zero attached hydrogens (tertiary/aromatic N) is 1. The molecular weight excluding hydrogens is 210 g/mol. The lowest BCUT2D eigenvalue weighted by Gasteiger charge is -1.94. The lowest BCUT2D eigenvalue weighted by atomic mass is 10.3. The fourth-order valence-electron chi connectivity index (χ4n) is 1.13. The Bertz CT molecular complexity index is 462. The van der Waals surface area contributed by atoms with Crippen LogP contribution in [0.25, 0.3) is 10.2 Å². The van der Waals surface area contributed by atoms with E-state index < -0.39 is 0 Å². The van der Waals surface area contributed by atoms with E-state index in [0.29, 0.717) is 0 Å². The molecular formula is C8H8ClNO2S. The first-order chi connectivity index (χ1) is 5.83. The smallest absolute Gasteiger partial charge is 0.309 e. The normalized spacial score (nSPS) is 9.92. The van der Waals surface area contributed by atoms with Gasteiger partial charge in [0, 0.05) is 0 Å². The maximum atomic E-state index is 11.3. The largest absolute Gasteiger partial charge is 0.412 e. The van der Waals surface area contributed by atoms with E-state index >= 15 is 0 Å². The summed E-state index contributed by atoms with van der Waals surface area (Å²) < 4.78 is 2.55.